The predicted octanol–water partition coefficient (Wildman–Crippen LogP) is 1.15. The van der Waals surface area contributed by atoms with Gasteiger partial charge in [-0.3, -0.25) is 9.59 Å². The van der Waals surface area contributed by atoms with Gasteiger partial charge >= 0.3 is 0 Å². The van der Waals surface area contributed by atoms with Gasteiger partial charge in [-0.05, 0) is 19.4 Å². The van der Waals surface area contributed by atoms with Crippen molar-refractivity contribution in [1.29, 1.82) is 0 Å². The topological polar surface area (TPSA) is 51.1 Å². The minimum absolute atomic E-state index is 0.0910. The van der Waals surface area contributed by atoms with E-state index in [0.717, 1.165) is 12.8 Å². The van der Waals surface area contributed by atoms with Crippen molar-refractivity contribution in [2.45, 2.75) is 39.3 Å². The van der Waals surface area contributed by atoms with Crippen LogP contribution in [0, 0.1) is 0 Å². The molecule has 1 heterocycles. The average molecular weight is 222 g/mol. The first-order chi connectivity index (χ1) is 7.63. The summed E-state index contributed by atoms with van der Waals surface area (Å²) in [6.07, 6.45) is 3.61. The highest BCUT2D eigenvalue weighted by atomic mass is 16.2. The number of aromatic nitrogens is 1. The van der Waals surface area contributed by atoms with Crippen molar-refractivity contribution in [2.24, 2.45) is 0 Å². The summed E-state index contributed by atoms with van der Waals surface area (Å²) >= 11 is 0. The van der Waals surface area contributed by atoms with Crippen molar-refractivity contribution >= 4 is 5.91 Å². The first kappa shape index (κ1) is 12.5. The highest BCUT2D eigenvalue weighted by molar-refractivity contribution is 5.75. The molecular formula is C12H18N2O2. The molecule has 0 radical (unpaired) electrons. The van der Waals surface area contributed by atoms with Gasteiger partial charge in [0.15, 0.2) is 0 Å². The molecule has 0 aliphatic rings. The third-order valence-electron chi connectivity index (χ3n) is 2.34. The standard InChI is InChI=1S/C12H18N2O2/c1-3-6-10(2)13-11(15)9-14-8-5-4-7-12(14)16/h4-5,7-8,10H,3,6,9H2,1-2H3,(H,13,15)/t10-/m0/s1. The number of carbonyl (C=O) groups excluding carboxylic acids is 1. The maximum absolute atomic E-state index is 11.6. The second-order valence-corrected chi connectivity index (χ2v) is 3.92. The lowest BCUT2D eigenvalue weighted by atomic mass is 10.2. The maximum atomic E-state index is 11.6. The Balaban J connectivity index is 2.52. The van der Waals surface area contributed by atoms with Crippen LogP contribution in [0.15, 0.2) is 29.2 Å². The van der Waals surface area contributed by atoms with Gasteiger partial charge in [-0.15, -0.1) is 0 Å². The second-order valence-electron chi connectivity index (χ2n) is 3.92. The molecule has 1 rings (SSSR count). The van der Waals surface area contributed by atoms with E-state index in [-0.39, 0.29) is 24.1 Å². The van der Waals surface area contributed by atoms with Crippen molar-refractivity contribution in [3.63, 3.8) is 0 Å². The van der Waals surface area contributed by atoms with Crippen LogP contribution >= 0.6 is 0 Å². The molecular weight excluding hydrogens is 204 g/mol. The Bertz CT molecular complexity index is 398. The van der Waals surface area contributed by atoms with E-state index in [1.54, 1.807) is 18.3 Å². The van der Waals surface area contributed by atoms with E-state index in [9.17, 15) is 9.59 Å². The normalized spacial score (nSPS) is 12.1. The van der Waals surface area contributed by atoms with Crippen molar-refractivity contribution in [3.8, 4) is 0 Å². The second kappa shape index (κ2) is 6.10. The molecule has 1 N–H and O–H groups in total. The zero-order chi connectivity index (χ0) is 12.0. The number of rotatable bonds is 5. The zero-order valence-electron chi connectivity index (χ0n) is 9.77. The van der Waals surface area contributed by atoms with Gasteiger partial charge in [-0.1, -0.05) is 19.4 Å². The highest BCUT2D eigenvalue weighted by Gasteiger charge is 2.07. The molecule has 88 valence electrons. The van der Waals surface area contributed by atoms with Gasteiger partial charge in [0.2, 0.25) is 5.91 Å². The van der Waals surface area contributed by atoms with E-state index in [2.05, 4.69) is 12.2 Å². The van der Waals surface area contributed by atoms with Crippen LogP contribution in [-0.2, 0) is 11.3 Å². The molecule has 4 heteroatoms. The minimum Gasteiger partial charge on any atom is -0.352 e. The Morgan fingerprint density at radius 1 is 1.50 bits per heavy atom. The number of amides is 1. The lowest BCUT2D eigenvalue weighted by molar-refractivity contribution is -0.122. The summed E-state index contributed by atoms with van der Waals surface area (Å²) in [5, 5.41) is 2.86. The molecule has 1 amide bonds. The summed E-state index contributed by atoms with van der Waals surface area (Å²) in [6, 6.07) is 5.01. The Morgan fingerprint density at radius 3 is 2.88 bits per heavy atom. The largest absolute Gasteiger partial charge is 0.352 e. The lowest BCUT2D eigenvalue weighted by Gasteiger charge is -2.13. The summed E-state index contributed by atoms with van der Waals surface area (Å²) in [5.41, 5.74) is -0.152. The van der Waals surface area contributed by atoms with Crippen LogP contribution in [0.1, 0.15) is 26.7 Å². The fourth-order valence-corrected chi connectivity index (χ4v) is 1.57. The van der Waals surface area contributed by atoms with Crippen LogP contribution < -0.4 is 10.9 Å². The molecule has 0 aromatic carbocycles. The number of carbonyl (C=O) groups is 1. The third-order valence-corrected chi connectivity index (χ3v) is 2.34. The summed E-state index contributed by atoms with van der Waals surface area (Å²) in [5.74, 6) is -0.116. The van der Waals surface area contributed by atoms with Gasteiger partial charge in [0.1, 0.15) is 6.54 Å². The van der Waals surface area contributed by atoms with E-state index in [4.69, 9.17) is 0 Å². The average Bonchev–Trinajstić information content (AvgIpc) is 2.21. The first-order valence-electron chi connectivity index (χ1n) is 5.58. The molecule has 4 nitrogen and oxygen atoms in total. The fraction of sp³-hybridized carbons (Fsp3) is 0.500. The number of nitrogens with zero attached hydrogens (tertiary/aromatic N) is 1. The number of pyridine rings is 1. The molecule has 0 aliphatic heterocycles. The summed E-state index contributed by atoms with van der Waals surface area (Å²) in [7, 11) is 0. The molecule has 0 fully saturated rings. The molecule has 0 unspecified atom stereocenters. The lowest BCUT2D eigenvalue weighted by Crippen LogP contribution is -2.37. The van der Waals surface area contributed by atoms with Crippen molar-refractivity contribution in [3.05, 3.63) is 34.7 Å². The van der Waals surface area contributed by atoms with Crippen LogP contribution in [0.3, 0.4) is 0 Å². The highest BCUT2D eigenvalue weighted by Crippen LogP contribution is 1.94. The molecule has 1 aromatic rings. The van der Waals surface area contributed by atoms with E-state index in [0.29, 0.717) is 0 Å². The van der Waals surface area contributed by atoms with Gasteiger partial charge in [-0.2, -0.15) is 0 Å². The molecule has 0 spiro atoms. The van der Waals surface area contributed by atoms with Gasteiger partial charge < -0.3 is 9.88 Å². The van der Waals surface area contributed by atoms with Crippen LogP contribution in [-0.4, -0.2) is 16.5 Å². The zero-order valence-corrected chi connectivity index (χ0v) is 9.77. The van der Waals surface area contributed by atoms with Crippen LogP contribution in [0.2, 0.25) is 0 Å². The van der Waals surface area contributed by atoms with Crippen LogP contribution in [0.25, 0.3) is 0 Å². The van der Waals surface area contributed by atoms with Crippen molar-refractivity contribution in [2.75, 3.05) is 0 Å². The Morgan fingerprint density at radius 2 is 2.25 bits per heavy atom. The van der Waals surface area contributed by atoms with Gasteiger partial charge in [0, 0.05) is 18.3 Å². The molecule has 0 saturated carbocycles. The van der Waals surface area contributed by atoms with E-state index in [1.807, 2.05) is 6.92 Å². The van der Waals surface area contributed by atoms with Gasteiger partial charge in [0.25, 0.3) is 5.56 Å². The van der Waals surface area contributed by atoms with Gasteiger partial charge in [-0.25, -0.2) is 0 Å². The van der Waals surface area contributed by atoms with Crippen LogP contribution in [0.5, 0.6) is 0 Å². The van der Waals surface area contributed by atoms with Crippen LogP contribution in [0.4, 0.5) is 0 Å². The molecule has 0 saturated heterocycles. The van der Waals surface area contributed by atoms with Gasteiger partial charge in [0.05, 0.1) is 0 Å². The number of hydrogen-bond acceptors (Lipinski definition) is 2. The third kappa shape index (κ3) is 3.88. The number of hydrogen-bond donors (Lipinski definition) is 1. The minimum atomic E-state index is -0.152. The first-order valence-corrected chi connectivity index (χ1v) is 5.58. The fourth-order valence-electron chi connectivity index (χ4n) is 1.57. The monoisotopic (exact) mass is 222 g/mol. The Hall–Kier alpha value is -1.58. The van der Waals surface area contributed by atoms with Crippen molar-refractivity contribution in [1.82, 2.24) is 9.88 Å². The summed E-state index contributed by atoms with van der Waals surface area (Å²) in [6.45, 7) is 4.13. The SMILES string of the molecule is CCC[C@H](C)NC(=O)Cn1ccccc1=O. The van der Waals surface area contributed by atoms with E-state index in [1.165, 1.54) is 10.6 Å². The Labute approximate surface area is 95.3 Å². The number of nitrogens with one attached hydrogen (secondary N) is 1. The molecule has 1 aromatic heterocycles. The van der Waals surface area contributed by atoms with E-state index < -0.39 is 0 Å². The quantitative estimate of drug-likeness (QED) is 0.812. The van der Waals surface area contributed by atoms with E-state index >= 15 is 0 Å². The summed E-state index contributed by atoms with van der Waals surface area (Å²) < 4.78 is 1.40. The predicted molar refractivity (Wildman–Crippen MR) is 63.2 cm³/mol. The molecule has 1 atom stereocenters. The molecule has 0 aliphatic carbocycles. The Kier molecular flexibility index (Phi) is 4.76. The smallest absolute Gasteiger partial charge is 0.250 e. The van der Waals surface area contributed by atoms with Crippen molar-refractivity contribution < 1.29 is 4.79 Å². The molecule has 16 heavy (non-hydrogen) atoms. The molecule has 0 bridgehead atoms. The summed E-state index contributed by atoms with van der Waals surface area (Å²) in [4.78, 5) is 22.9. The maximum Gasteiger partial charge on any atom is 0.250 e.